The van der Waals surface area contributed by atoms with Crippen molar-refractivity contribution in [1.82, 2.24) is 25.4 Å². The number of rotatable bonds is 22. The molecule has 2 heterocycles. The monoisotopic (exact) mass is 805 g/mol. The Hall–Kier alpha value is -4.17. The summed E-state index contributed by atoms with van der Waals surface area (Å²) in [5.41, 5.74) is 2.15. The molecule has 57 heavy (non-hydrogen) atoms. The zero-order valence-corrected chi connectivity index (χ0v) is 35.5. The van der Waals surface area contributed by atoms with Crippen LogP contribution in [0.5, 0.6) is 0 Å². The van der Waals surface area contributed by atoms with Crippen molar-refractivity contribution in [3.05, 3.63) is 87.9 Å². The fourth-order valence-corrected chi connectivity index (χ4v) is 8.30. The van der Waals surface area contributed by atoms with Gasteiger partial charge in [0.05, 0.1) is 12.0 Å². The standard InChI is InChI=1S/C44H63N5O7S/c1-8-30(4)39(47-41(51)36-21-15-16-22-48(36)6)43(52)49(26-33-19-13-10-14-20-33)37(29(2)3)25-38(56-28-55-7)42-46-35(27-57-42)40(50)45-34(23-31(5)44(53)54)24-32-17-11-9-12-18-32/h9-14,17-20,27,29-31,34,36-39H,8,15-16,21-26,28H2,1-7H3,(H,45,50)(H,47,51)(H,53,54)/t30-,31-,34+,36+,37+,38+,39-/m0/s1. The maximum atomic E-state index is 15.0. The van der Waals surface area contributed by atoms with Crippen molar-refractivity contribution in [2.45, 2.75) is 116 Å². The molecule has 1 aliphatic rings. The van der Waals surface area contributed by atoms with Gasteiger partial charge in [-0.3, -0.25) is 24.1 Å². The van der Waals surface area contributed by atoms with E-state index in [4.69, 9.17) is 14.5 Å². The minimum Gasteiger partial charge on any atom is -0.481 e. The van der Waals surface area contributed by atoms with Gasteiger partial charge in [0.25, 0.3) is 5.91 Å². The topological polar surface area (TPSA) is 150 Å². The van der Waals surface area contributed by atoms with Crippen molar-refractivity contribution in [2.75, 3.05) is 27.5 Å². The van der Waals surface area contributed by atoms with E-state index in [1.54, 1.807) is 12.3 Å². The van der Waals surface area contributed by atoms with Crippen LogP contribution in [0.3, 0.4) is 0 Å². The third-order valence-electron chi connectivity index (χ3n) is 11.1. The maximum Gasteiger partial charge on any atom is 0.306 e. The summed E-state index contributed by atoms with van der Waals surface area (Å²) in [6.45, 7) is 11.0. The lowest BCUT2D eigenvalue weighted by Crippen LogP contribution is -2.58. The van der Waals surface area contributed by atoms with Crippen LogP contribution in [0.25, 0.3) is 0 Å². The number of thiazole rings is 1. The predicted octanol–water partition coefficient (Wildman–Crippen LogP) is 6.72. The molecule has 7 atom stereocenters. The molecule has 1 fully saturated rings. The van der Waals surface area contributed by atoms with E-state index >= 15 is 4.79 Å². The highest BCUT2D eigenvalue weighted by Crippen LogP contribution is 2.32. The molecule has 0 saturated carbocycles. The first-order valence-electron chi connectivity index (χ1n) is 20.3. The Balaban J connectivity index is 1.63. The van der Waals surface area contributed by atoms with Crippen LogP contribution in [-0.2, 0) is 36.8 Å². The number of nitrogens with one attached hydrogen (secondary N) is 2. The first kappa shape index (κ1) is 45.5. The zero-order valence-electron chi connectivity index (χ0n) is 34.7. The fourth-order valence-electron chi connectivity index (χ4n) is 7.44. The first-order chi connectivity index (χ1) is 27.3. The van der Waals surface area contributed by atoms with Gasteiger partial charge in [-0.25, -0.2) is 4.98 Å². The Labute approximate surface area is 342 Å². The van der Waals surface area contributed by atoms with Crippen LogP contribution in [0.15, 0.2) is 66.0 Å². The van der Waals surface area contributed by atoms with Crippen molar-refractivity contribution >= 4 is 35.0 Å². The molecule has 2 aromatic carbocycles. The van der Waals surface area contributed by atoms with Crippen molar-refractivity contribution in [3.63, 3.8) is 0 Å². The Bertz CT molecular complexity index is 1710. The number of aliphatic carboxylic acids is 1. The van der Waals surface area contributed by atoms with E-state index in [-0.39, 0.29) is 54.6 Å². The zero-order chi connectivity index (χ0) is 41.5. The van der Waals surface area contributed by atoms with Gasteiger partial charge in [-0.1, -0.05) is 108 Å². The molecule has 1 saturated heterocycles. The molecule has 0 bridgehead atoms. The van der Waals surface area contributed by atoms with Crippen LogP contribution in [0, 0.1) is 17.8 Å². The van der Waals surface area contributed by atoms with Gasteiger partial charge in [0.2, 0.25) is 11.8 Å². The molecule has 0 radical (unpaired) electrons. The number of carbonyl (C=O) groups excluding carboxylic acids is 3. The highest BCUT2D eigenvalue weighted by atomic mass is 32.1. The Morgan fingerprint density at radius 2 is 1.63 bits per heavy atom. The van der Waals surface area contributed by atoms with Gasteiger partial charge < -0.3 is 30.1 Å². The van der Waals surface area contributed by atoms with Crippen molar-refractivity contribution < 1.29 is 33.8 Å². The van der Waals surface area contributed by atoms with E-state index in [9.17, 15) is 19.5 Å². The van der Waals surface area contributed by atoms with Gasteiger partial charge in [0.1, 0.15) is 29.6 Å². The molecule has 0 aliphatic carbocycles. The van der Waals surface area contributed by atoms with Crippen LogP contribution in [0.2, 0.25) is 0 Å². The number of amides is 3. The largest absolute Gasteiger partial charge is 0.481 e. The quantitative estimate of drug-likeness (QED) is 0.0942. The number of likely N-dealkylation sites (N-methyl/N-ethyl adjacent to an activating group) is 1. The minimum absolute atomic E-state index is 0.0261. The SMILES string of the molecule is CC[C@H](C)[C@H](NC(=O)[C@H]1CCCCN1C)C(=O)N(Cc1ccccc1)[C@H](C[C@@H](OCOC)c1nc(C(=O)N[C@@H](Cc2ccccc2)C[C@H](C)C(=O)O)cs1)C(C)C. The van der Waals surface area contributed by atoms with Gasteiger partial charge in [-0.15, -0.1) is 11.3 Å². The van der Waals surface area contributed by atoms with E-state index in [1.807, 2.05) is 86.5 Å². The average molecular weight is 806 g/mol. The number of carboxylic acids is 1. The lowest BCUT2D eigenvalue weighted by atomic mass is 9.91. The number of carboxylic acid groups (broad SMARTS) is 1. The van der Waals surface area contributed by atoms with Crippen LogP contribution in [-0.4, -0.2) is 95.2 Å². The number of nitrogens with zero attached hydrogens (tertiary/aromatic N) is 3. The number of methoxy groups -OCH3 is 1. The molecule has 4 rings (SSSR count). The Kier molecular flexibility index (Phi) is 18.1. The Morgan fingerprint density at radius 1 is 0.965 bits per heavy atom. The van der Waals surface area contributed by atoms with E-state index in [0.717, 1.165) is 36.9 Å². The minimum atomic E-state index is -0.925. The second kappa shape index (κ2) is 22.7. The van der Waals surface area contributed by atoms with Gasteiger partial charge in [0, 0.05) is 37.5 Å². The van der Waals surface area contributed by atoms with Gasteiger partial charge >= 0.3 is 5.97 Å². The van der Waals surface area contributed by atoms with E-state index in [0.29, 0.717) is 30.8 Å². The first-order valence-corrected chi connectivity index (χ1v) is 21.2. The number of hydrogen-bond acceptors (Lipinski definition) is 9. The number of aromatic nitrogens is 1. The van der Waals surface area contributed by atoms with Crippen molar-refractivity contribution in [2.24, 2.45) is 17.8 Å². The number of piperidine rings is 1. The summed E-state index contributed by atoms with van der Waals surface area (Å²) >= 11 is 1.29. The summed E-state index contributed by atoms with van der Waals surface area (Å²) in [7, 11) is 3.51. The second-order valence-electron chi connectivity index (χ2n) is 15.8. The number of likely N-dealkylation sites (tertiary alicyclic amines) is 1. The van der Waals surface area contributed by atoms with Crippen molar-refractivity contribution in [1.29, 1.82) is 0 Å². The summed E-state index contributed by atoms with van der Waals surface area (Å²) in [4.78, 5) is 63.0. The third kappa shape index (κ3) is 13.4. The summed E-state index contributed by atoms with van der Waals surface area (Å²) in [5.74, 6) is -2.40. The lowest BCUT2D eigenvalue weighted by Gasteiger charge is -2.40. The molecule has 13 heteroatoms. The Morgan fingerprint density at radius 3 is 2.23 bits per heavy atom. The van der Waals surface area contributed by atoms with Crippen molar-refractivity contribution in [3.8, 4) is 0 Å². The van der Waals surface area contributed by atoms with Crippen LogP contribution >= 0.6 is 11.3 Å². The summed E-state index contributed by atoms with van der Waals surface area (Å²) < 4.78 is 11.6. The molecular formula is C44H63N5O7S. The summed E-state index contributed by atoms with van der Waals surface area (Å²) in [6, 6.07) is 17.7. The average Bonchev–Trinajstić information content (AvgIpc) is 3.70. The normalized spacial score (nSPS) is 17.9. The number of hydrogen-bond donors (Lipinski definition) is 3. The molecule has 1 aliphatic heterocycles. The molecule has 3 N–H and O–H groups in total. The molecule has 12 nitrogen and oxygen atoms in total. The van der Waals surface area contributed by atoms with Crippen LogP contribution < -0.4 is 10.6 Å². The second-order valence-corrected chi connectivity index (χ2v) is 16.7. The van der Waals surface area contributed by atoms with Crippen LogP contribution in [0.1, 0.15) is 106 Å². The van der Waals surface area contributed by atoms with Crippen LogP contribution in [0.4, 0.5) is 0 Å². The predicted molar refractivity (Wildman–Crippen MR) is 223 cm³/mol. The molecule has 312 valence electrons. The number of benzene rings is 2. The summed E-state index contributed by atoms with van der Waals surface area (Å²) in [5, 5.41) is 18.1. The highest BCUT2D eigenvalue weighted by molar-refractivity contribution is 7.09. The molecule has 0 unspecified atom stereocenters. The number of carbonyl (C=O) groups is 4. The molecule has 0 spiro atoms. The molecule has 3 aromatic rings. The maximum absolute atomic E-state index is 15.0. The van der Waals surface area contributed by atoms with E-state index in [2.05, 4.69) is 29.4 Å². The molecular weight excluding hydrogens is 743 g/mol. The lowest BCUT2D eigenvalue weighted by molar-refractivity contribution is -0.144. The summed E-state index contributed by atoms with van der Waals surface area (Å²) in [6.07, 6.45) is 3.93. The third-order valence-corrected chi connectivity index (χ3v) is 12.0. The molecule has 3 amide bonds. The number of ether oxygens (including phenoxy) is 2. The van der Waals surface area contributed by atoms with Gasteiger partial charge in [-0.05, 0) is 62.2 Å². The highest BCUT2D eigenvalue weighted by Gasteiger charge is 2.38. The van der Waals surface area contributed by atoms with Gasteiger partial charge in [-0.2, -0.15) is 0 Å². The van der Waals surface area contributed by atoms with E-state index < -0.39 is 36.0 Å². The van der Waals surface area contributed by atoms with Gasteiger partial charge in [0.15, 0.2) is 0 Å². The fraction of sp³-hybridized carbons (Fsp3) is 0.568. The van der Waals surface area contributed by atoms with E-state index in [1.165, 1.54) is 18.4 Å². The smallest absolute Gasteiger partial charge is 0.306 e. The molecule has 1 aromatic heterocycles.